The van der Waals surface area contributed by atoms with Gasteiger partial charge in [-0.3, -0.25) is 9.78 Å². The smallest absolute Gasteiger partial charge is 0.237 e. The molecule has 2 heterocycles. The fraction of sp³-hybridized carbons (Fsp3) is 0.444. The van der Waals surface area contributed by atoms with Crippen LogP contribution >= 0.6 is 15.9 Å². The molecule has 1 aromatic carbocycles. The second kappa shape index (κ2) is 5.23. The molecule has 1 spiro atoms. The van der Waals surface area contributed by atoms with Gasteiger partial charge in [0.05, 0.1) is 27.3 Å². The number of pyridine rings is 1. The molecule has 0 radical (unpaired) electrons. The second-order valence-electron chi connectivity index (χ2n) is 7.28. The number of carbonyl (C=O) groups excluding carboxylic acids is 1. The molecule has 1 amide bonds. The van der Waals surface area contributed by atoms with E-state index in [2.05, 4.69) is 39.9 Å². The Morgan fingerprint density at radius 2 is 2.12 bits per heavy atom. The zero-order valence-corrected chi connectivity index (χ0v) is 15.5. The lowest BCUT2D eigenvalue weighted by Gasteiger charge is -2.45. The third-order valence-corrected chi connectivity index (χ3v) is 5.95. The van der Waals surface area contributed by atoms with Crippen molar-refractivity contribution in [3.05, 3.63) is 34.2 Å². The van der Waals surface area contributed by atoms with Gasteiger partial charge in [-0.05, 0) is 54.9 Å². The third-order valence-electron chi connectivity index (χ3n) is 5.34. The zero-order valence-electron chi connectivity index (χ0n) is 13.9. The monoisotopic (exact) mass is 391 g/mol. The summed E-state index contributed by atoms with van der Waals surface area (Å²) >= 11 is 3.27. The van der Waals surface area contributed by atoms with Crippen LogP contribution in [0.5, 0.6) is 0 Å². The lowest BCUT2D eigenvalue weighted by molar-refractivity contribution is -0.127. The SMILES string of the molecule is CN(C)CC1CC2(C1)C(=O)N(C)c1cnc3cc(F)c(Br)cc3c12. The molecule has 126 valence electrons. The zero-order chi connectivity index (χ0) is 17.2. The van der Waals surface area contributed by atoms with Gasteiger partial charge in [0.2, 0.25) is 5.91 Å². The number of halogens is 2. The van der Waals surface area contributed by atoms with E-state index in [1.807, 2.05) is 0 Å². The number of carbonyl (C=O) groups is 1. The summed E-state index contributed by atoms with van der Waals surface area (Å²) in [6, 6.07) is 3.20. The topological polar surface area (TPSA) is 36.4 Å². The highest BCUT2D eigenvalue weighted by Crippen LogP contribution is 2.57. The van der Waals surface area contributed by atoms with E-state index < -0.39 is 5.41 Å². The van der Waals surface area contributed by atoms with Gasteiger partial charge in [0, 0.05) is 30.6 Å². The van der Waals surface area contributed by atoms with Crippen LogP contribution in [-0.4, -0.2) is 43.5 Å². The van der Waals surface area contributed by atoms with Gasteiger partial charge in [0.15, 0.2) is 0 Å². The Kier molecular flexibility index (Phi) is 3.48. The average molecular weight is 392 g/mol. The van der Waals surface area contributed by atoms with E-state index >= 15 is 0 Å². The second-order valence-corrected chi connectivity index (χ2v) is 8.14. The molecule has 0 atom stereocenters. The van der Waals surface area contributed by atoms with Gasteiger partial charge in [-0.25, -0.2) is 4.39 Å². The number of rotatable bonds is 2. The van der Waals surface area contributed by atoms with E-state index in [0.717, 1.165) is 36.0 Å². The molecule has 0 saturated heterocycles. The molecule has 1 aromatic heterocycles. The number of benzene rings is 1. The van der Waals surface area contributed by atoms with E-state index in [1.54, 1.807) is 24.2 Å². The molecule has 4 rings (SSSR count). The van der Waals surface area contributed by atoms with Gasteiger partial charge in [0.25, 0.3) is 0 Å². The summed E-state index contributed by atoms with van der Waals surface area (Å²) < 4.78 is 14.3. The number of aromatic nitrogens is 1. The van der Waals surface area contributed by atoms with Crippen LogP contribution in [0.15, 0.2) is 22.8 Å². The fourth-order valence-electron chi connectivity index (χ4n) is 4.42. The molecule has 0 bridgehead atoms. The van der Waals surface area contributed by atoms with Crippen LogP contribution in [-0.2, 0) is 10.2 Å². The van der Waals surface area contributed by atoms with E-state index in [9.17, 15) is 9.18 Å². The molecule has 6 heteroatoms. The van der Waals surface area contributed by atoms with Crippen LogP contribution in [0, 0.1) is 11.7 Å². The van der Waals surface area contributed by atoms with E-state index in [1.165, 1.54) is 6.07 Å². The predicted molar refractivity (Wildman–Crippen MR) is 95.8 cm³/mol. The number of hydrogen-bond acceptors (Lipinski definition) is 3. The van der Waals surface area contributed by atoms with E-state index in [4.69, 9.17) is 0 Å². The van der Waals surface area contributed by atoms with Gasteiger partial charge in [-0.2, -0.15) is 0 Å². The van der Waals surface area contributed by atoms with Gasteiger partial charge in [-0.15, -0.1) is 0 Å². The number of hydrogen-bond donors (Lipinski definition) is 0. The van der Waals surface area contributed by atoms with Crippen molar-refractivity contribution in [3.8, 4) is 0 Å². The van der Waals surface area contributed by atoms with Crippen molar-refractivity contribution in [1.29, 1.82) is 0 Å². The molecular formula is C18H19BrFN3O. The molecule has 1 aliphatic heterocycles. The molecule has 2 aromatic rings. The molecule has 24 heavy (non-hydrogen) atoms. The minimum Gasteiger partial charge on any atom is -0.313 e. The molecule has 1 saturated carbocycles. The third kappa shape index (κ3) is 2.05. The van der Waals surface area contributed by atoms with Crippen molar-refractivity contribution < 1.29 is 9.18 Å². The Morgan fingerprint density at radius 3 is 2.79 bits per heavy atom. The highest BCUT2D eigenvalue weighted by atomic mass is 79.9. The van der Waals surface area contributed by atoms with Crippen molar-refractivity contribution in [1.82, 2.24) is 9.88 Å². The largest absolute Gasteiger partial charge is 0.313 e. The average Bonchev–Trinajstić information content (AvgIpc) is 2.70. The molecular weight excluding hydrogens is 373 g/mol. The van der Waals surface area contributed by atoms with Crippen LogP contribution in [0.1, 0.15) is 18.4 Å². The first-order chi connectivity index (χ1) is 11.3. The normalized spacial score (nSPS) is 25.7. The van der Waals surface area contributed by atoms with Gasteiger partial charge in [0.1, 0.15) is 5.82 Å². The molecule has 4 nitrogen and oxygen atoms in total. The van der Waals surface area contributed by atoms with Crippen LogP contribution in [0.3, 0.4) is 0 Å². The Hall–Kier alpha value is -1.53. The van der Waals surface area contributed by atoms with Crippen LogP contribution in [0.2, 0.25) is 0 Å². The lowest BCUT2D eigenvalue weighted by atomic mass is 9.58. The Balaban J connectivity index is 1.88. The summed E-state index contributed by atoms with van der Waals surface area (Å²) in [6.07, 6.45) is 3.39. The molecule has 2 aliphatic rings. The number of amides is 1. The maximum atomic E-state index is 13.9. The highest BCUT2D eigenvalue weighted by molar-refractivity contribution is 9.10. The summed E-state index contributed by atoms with van der Waals surface area (Å²) in [7, 11) is 5.92. The minimum absolute atomic E-state index is 0.141. The first-order valence-corrected chi connectivity index (χ1v) is 8.84. The summed E-state index contributed by atoms with van der Waals surface area (Å²) in [5.41, 5.74) is 2.02. The van der Waals surface area contributed by atoms with Crippen molar-refractivity contribution in [3.63, 3.8) is 0 Å². The molecule has 1 fully saturated rings. The van der Waals surface area contributed by atoms with Crippen LogP contribution < -0.4 is 4.90 Å². The van der Waals surface area contributed by atoms with Crippen LogP contribution in [0.4, 0.5) is 10.1 Å². The van der Waals surface area contributed by atoms with Crippen molar-refractivity contribution >= 4 is 38.4 Å². The fourth-order valence-corrected chi connectivity index (χ4v) is 4.76. The summed E-state index contributed by atoms with van der Waals surface area (Å²) in [6.45, 7) is 0.982. The Bertz CT molecular complexity index is 861. The van der Waals surface area contributed by atoms with Crippen molar-refractivity contribution in [2.45, 2.75) is 18.3 Å². The van der Waals surface area contributed by atoms with Gasteiger partial charge >= 0.3 is 0 Å². The molecule has 1 aliphatic carbocycles. The number of fused-ring (bicyclic) bond motifs is 4. The van der Waals surface area contributed by atoms with Crippen molar-refractivity contribution in [2.75, 3.05) is 32.6 Å². The first kappa shape index (κ1) is 16.0. The first-order valence-electron chi connectivity index (χ1n) is 8.04. The van der Waals surface area contributed by atoms with E-state index in [-0.39, 0.29) is 11.7 Å². The summed E-state index contributed by atoms with van der Waals surface area (Å²) in [4.78, 5) is 21.2. The van der Waals surface area contributed by atoms with Crippen molar-refractivity contribution in [2.24, 2.45) is 5.92 Å². The predicted octanol–water partition coefficient (Wildman–Crippen LogP) is 3.32. The summed E-state index contributed by atoms with van der Waals surface area (Å²) in [5, 5.41) is 0.877. The van der Waals surface area contributed by atoms with Gasteiger partial charge in [-0.1, -0.05) is 0 Å². The van der Waals surface area contributed by atoms with E-state index in [0.29, 0.717) is 15.9 Å². The summed E-state index contributed by atoms with van der Waals surface area (Å²) in [5.74, 6) is 0.318. The highest BCUT2D eigenvalue weighted by Gasteiger charge is 2.58. The molecule has 0 unspecified atom stereocenters. The minimum atomic E-state index is -0.469. The van der Waals surface area contributed by atoms with Gasteiger partial charge < -0.3 is 9.80 Å². The number of likely N-dealkylation sites (N-methyl/N-ethyl adjacent to an activating group) is 1. The quantitative estimate of drug-likeness (QED) is 0.787. The Labute approximate surface area is 148 Å². The molecule has 0 N–H and O–H groups in total. The van der Waals surface area contributed by atoms with Crippen LogP contribution in [0.25, 0.3) is 10.9 Å². The maximum absolute atomic E-state index is 13.9. The Morgan fingerprint density at radius 1 is 1.42 bits per heavy atom. The number of nitrogens with zero attached hydrogens (tertiary/aromatic N) is 3. The maximum Gasteiger partial charge on any atom is 0.237 e. The number of anilines is 1. The lowest BCUT2D eigenvalue weighted by Crippen LogP contribution is -2.51. The standard InChI is InChI=1S/C18H19BrFN3O/c1-22(2)9-10-6-18(7-10)16-11-4-12(19)13(20)5-14(11)21-8-15(16)23(3)17(18)24/h4-5,8,10H,6-7,9H2,1-3H3.